The summed E-state index contributed by atoms with van der Waals surface area (Å²) in [7, 11) is 0. The smallest absolute Gasteiger partial charge is 0.324 e. The number of fused-ring (bicyclic) bond motifs is 1. The summed E-state index contributed by atoms with van der Waals surface area (Å²) in [4.78, 5) is 16.0. The Morgan fingerprint density at radius 1 is 1.62 bits per heavy atom. The zero-order chi connectivity index (χ0) is 11.8. The maximum atomic E-state index is 11.8. The van der Waals surface area contributed by atoms with Crippen LogP contribution in [0.5, 0.6) is 0 Å². The third kappa shape index (κ3) is 2.41. The molecule has 0 spiro atoms. The van der Waals surface area contributed by atoms with Gasteiger partial charge >= 0.3 is 5.97 Å². The fraction of sp³-hybridized carbons (Fsp3) is 0.636. The van der Waals surface area contributed by atoms with Gasteiger partial charge in [0.2, 0.25) is 0 Å². The molecule has 0 bridgehead atoms. The first kappa shape index (κ1) is 11.1. The van der Waals surface area contributed by atoms with Crippen molar-refractivity contribution in [1.29, 1.82) is 0 Å². The number of aromatic nitrogens is 2. The summed E-state index contributed by atoms with van der Waals surface area (Å²) in [6.45, 7) is 6.22. The molecular formula is C11H17N3O2. The van der Waals surface area contributed by atoms with E-state index in [0.29, 0.717) is 13.1 Å². The van der Waals surface area contributed by atoms with Crippen LogP contribution in [0.15, 0.2) is 12.4 Å². The molecule has 1 aliphatic rings. The third-order valence-electron chi connectivity index (χ3n) is 2.39. The molecule has 1 atom stereocenters. The van der Waals surface area contributed by atoms with E-state index in [2.05, 4.69) is 10.3 Å². The fourth-order valence-electron chi connectivity index (χ4n) is 1.68. The molecule has 88 valence electrons. The van der Waals surface area contributed by atoms with Crippen molar-refractivity contribution in [2.45, 2.75) is 45.5 Å². The summed E-state index contributed by atoms with van der Waals surface area (Å²) in [5.41, 5.74) is -0.439. The number of hydrogen-bond donors (Lipinski definition) is 1. The Hall–Kier alpha value is -1.36. The van der Waals surface area contributed by atoms with Crippen molar-refractivity contribution in [3.8, 4) is 0 Å². The van der Waals surface area contributed by atoms with Crippen molar-refractivity contribution in [2.75, 3.05) is 0 Å². The average molecular weight is 223 g/mol. The number of nitrogens with one attached hydrogen (secondary N) is 1. The minimum absolute atomic E-state index is 0.207. The Bertz CT molecular complexity index is 392. The van der Waals surface area contributed by atoms with Crippen LogP contribution in [0.25, 0.3) is 0 Å². The van der Waals surface area contributed by atoms with E-state index in [4.69, 9.17) is 4.74 Å². The zero-order valence-electron chi connectivity index (χ0n) is 9.86. The summed E-state index contributed by atoms with van der Waals surface area (Å²) < 4.78 is 7.32. The summed E-state index contributed by atoms with van der Waals surface area (Å²) in [6.07, 6.45) is 4.23. The van der Waals surface area contributed by atoms with Crippen LogP contribution in [0.4, 0.5) is 0 Å². The number of hydrogen-bond acceptors (Lipinski definition) is 4. The molecule has 0 amide bonds. The average Bonchev–Trinajstić information content (AvgIpc) is 2.61. The standard InChI is InChI=1S/C11H17N3O2/c1-11(2,3)16-10(15)8-6-9-12-4-5-14(9)7-13-8/h4-5,8,13H,6-7H2,1-3H3. The van der Waals surface area contributed by atoms with Gasteiger partial charge in [0.25, 0.3) is 0 Å². The van der Waals surface area contributed by atoms with Gasteiger partial charge < -0.3 is 9.30 Å². The Kier molecular flexibility index (Phi) is 2.71. The minimum Gasteiger partial charge on any atom is -0.459 e. The maximum absolute atomic E-state index is 11.8. The van der Waals surface area contributed by atoms with Gasteiger partial charge in [-0.15, -0.1) is 0 Å². The number of nitrogens with zero attached hydrogens (tertiary/aromatic N) is 2. The molecule has 0 aromatic carbocycles. The fourth-order valence-corrected chi connectivity index (χ4v) is 1.68. The Morgan fingerprint density at radius 3 is 3.06 bits per heavy atom. The molecule has 2 rings (SSSR count). The molecule has 0 saturated carbocycles. The zero-order valence-corrected chi connectivity index (χ0v) is 9.86. The van der Waals surface area contributed by atoms with Crippen molar-refractivity contribution in [2.24, 2.45) is 0 Å². The second-order valence-electron chi connectivity index (χ2n) is 4.97. The molecule has 2 heterocycles. The van der Waals surface area contributed by atoms with Gasteiger partial charge in [-0.25, -0.2) is 4.98 Å². The van der Waals surface area contributed by atoms with Gasteiger partial charge in [0.1, 0.15) is 17.5 Å². The van der Waals surface area contributed by atoms with Gasteiger partial charge in [0.15, 0.2) is 0 Å². The molecule has 1 N–H and O–H groups in total. The highest BCUT2D eigenvalue weighted by molar-refractivity contribution is 5.76. The van der Waals surface area contributed by atoms with E-state index in [0.717, 1.165) is 5.82 Å². The van der Waals surface area contributed by atoms with Crippen LogP contribution in [-0.2, 0) is 22.6 Å². The van der Waals surface area contributed by atoms with Crippen LogP contribution in [0, 0.1) is 0 Å². The van der Waals surface area contributed by atoms with Gasteiger partial charge in [0, 0.05) is 18.8 Å². The molecule has 1 aromatic rings. The molecular weight excluding hydrogens is 206 g/mol. The highest BCUT2D eigenvalue weighted by Gasteiger charge is 2.28. The third-order valence-corrected chi connectivity index (χ3v) is 2.39. The Balaban J connectivity index is 2.01. The van der Waals surface area contributed by atoms with Crippen molar-refractivity contribution < 1.29 is 9.53 Å². The lowest BCUT2D eigenvalue weighted by Crippen LogP contribution is -2.46. The molecule has 1 aliphatic heterocycles. The molecule has 16 heavy (non-hydrogen) atoms. The molecule has 0 fully saturated rings. The van der Waals surface area contributed by atoms with E-state index in [1.54, 1.807) is 6.20 Å². The van der Waals surface area contributed by atoms with Gasteiger partial charge in [-0.1, -0.05) is 0 Å². The number of ether oxygens (including phenoxy) is 1. The normalized spacial score (nSPS) is 20.3. The first-order valence-electron chi connectivity index (χ1n) is 5.42. The highest BCUT2D eigenvalue weighted by Crippen LogP contribution is 2.13. The number of carbonyl (C=O) groups excluding carboxylic acids is 1. The van der Waals surface area contributed by atoms with Crippen LogP contribution in [-0.4, -0.2) is 27.2 Å². The topological polar surface area (TPSA) is 56.1 Å². The lowest BCUT2D eigenvalue weighted by Gasteiger charge is -2.27. The van der Waals surface area contributed by atoms with Gasteiger partial charge in [0.05, 0.1) is 6.67 Å². The number of imidazole rings is 1. The van der Waals surface area contributed by atoms with Crippen molar-refractivity contribution >= 4 is 5.97 Å². The minimum atomic E-state index is -0.439. The highest BCUT2D eigenvalue weighted by atomic mass is 16.6. The first-order chi connectivity index (χ1) is 7.46. The lowest BCUT2D eigenvalue weighted by atomic mass is 10.1. The van der Waals surface area contributed by atoms with Crippen LogP contribution < -0.4 is 5.32 Å². The molecule has 0 saturated heterocycles. The van der Waals surface area contributed by atoms with Crippen molar-refractivity contribution in [3.63, 3.8) is 0 Å². The summed E-state index contributed by atoms with van der Waals surface area (Å²) in [5, 5.41) is 3.13. The maximum Gasteiger partial charge on any atom is 0.324 e. The van der Waals surface area contributed by atoms with Gasteiger partial charge in [-0.05, 0) is 20.8 Å². The van der Waals surface area contributed by atoms with Gasteiger partial charge in [-0.3, -0.25) is 10.1 Å². The molecule has 5 nitrogen and oxygen atoms in total. The van der Waals surface area contributed by atoms with E-state index >= 15 is 0 Å². The SMILES string of the molecule is CC(C)(C)OC(=O)C1Cc2nccn2CN1. The summed E-state index contributed by atoms with van der Waals surface area (Å²) in [5.74, 6) is 0.719. The number of carbonyl (C=O) groups is 1. The molecule has 0 aliphatic carbocycles. The van der Waals surface area contributed by atoms with E-state index in [1.165, 1.54) is 0 Å². The monoisotopic (exact) mass is 223 g/mol. The van der Waals surface area contributed by atoms with Crippen LogP contribution >= 0.6 is 0 Å². The van der Waals surface area contributed by atoms with Crippen LogP contribution in [0.2, 0.25) is 0 Å². The van der Waals surface area contributed by atoms with Crippen LogP contribution in [0.1, 0.15) is 26.6 Å². The Morgan fingerprint density at radius 2 is 2.38 bits per heavy atom. The van der Waals surface area contributed by atoms with Crippen molar-refractivity contribution in [1.82, 2.24) is 14.9 Å². The van der Waals surface area contributed by atoms with E-state index in [1.807, 2.05) is 31.5 Å². The predicted molar refractivity (Wildman–Crippen MR) is 58.7 cm³/mol. The van der Waals surface area contributed by atoms with E-state index in [-0.39, 0.29) is 12.0 Å². The molecule has 5 heteroatoms. The largest absolute Gasteiger partial charge is 0.459 e. The van der Waals surface area contributed by atoms with Crippen LogP contribution in [0.3, 0.4) is 0 Å². The molecule has 1 aromatic heterocycles. The van der Waals surface area contributed by atoms with Gasteiger partial charge in [-0.2, -0.15) is 0 Å². The van der Waals surface area contributed by atoms with E-state index < -0.39 is 5.60 Å². The number of rotatable bonds is 1. The second-order valence-corrected chi connectivity index (χ2v) is 4.97. The first-order valence-corrected chi connectivity index (χ1v) is 5.42. The molecule has 1 unspecified atom stereocenters. The molecule has 0 radical (unpaired) electrons. The van der Waals surface area contributed by atoms with E-state index in [9.17, 15) is 4.79 Å². The van der Waals surface area contributed by atoms with Crippen molar-refractivity contribution in [3.05, 3.63) is 18.2 Å². The second kappa shape index (κ2) is 3.90. The summed E-state index contributed by atoms with van der Waals surface area (Å²) >= 11 is 0. The number of esters is 1. The lowest BCUT2D eigenvalue weighted by molar-refractivity contribution is -0.158. The predicted octanol–water partition coefficient (Wildman–Crippen LogP) is 0.697. The summed E-state index contributed by atoms with van der Waals surface area (Å²) in [6, 6.07) is -0.283. The quantitative estimate of drug-likeness (QED) is 0.712. The Labute approximate surface area is 94.8 Å².